The Morgan fingerprint density at radius 3 is 2.39 bits per heavy atom. The number of alkyl halides is 3. The summed E-state index contributed by atoms with van der Waals surface area (Å²) in [4.78, 5) is 12.3. The van der Waals surface area contributed by atoms with Gasteiger partial charge in [0.15, 0.2) is 5.75 Å². The molecule has 0 aliphatic carbocycles. The summed E-state index contributed by atoms with van der Waals surface area (Å²) in [5.74, 6) is -0.760. The number of aliphatic hydroxyl groups is 1. The van der Waals surface area contributed by atoms with Crippen LogP contribution >= 0.6 is 0 Å². The average Bonchev–Trinajstić information content (AvgIpc) is 2.60. The van der Waals surface area contributed by atoms with Gasteiger partial charge in [0, 0.05) is 18.1 Å². The Morgan fingerprint density at radius 2 is 1.89 bits per heavy atom. The molecular formula is C16H18F3N3O5S. The molecule has 28 heavy (non-hydrogen) atoms. The highest BCUT2D eigenvalue weighted by Crippen LogP contribution is 2.28. The number of ether oxygens (including phenoxy) is 1. The van der Waals surface area contributed by atoms with Crippen LogP contribution in [0.2, 0.25) is 0 Å². The van der Waals surface area contributed by atoms with E-state index in [4.69, 9.17) is 15.0 Å². The number of hydrogen-bond acceptors (Lipinski definition) is 6. The molecule has 0 aliphatic rings. The number of benzene rings is 1. The molecular weight excluding hydrogens is 403 g/mol. The van der Waals surface area contributed by atoms with Crippen molar-refractivity contribution in [2.45, 2.75) is 24.5 Å². The lowest BCUT2D eigenvalue weighted by Crippen LogP contribution is -2.31. The summed E-state index contributed by atoms with van der Waals surface area (Å²) in [6.45, 7) is -0.345. The Hall–Kier alpha value is -2.44. The molecule has 1 aromatic heterocycles. The van der Waals surface area contributed by atoms with E-state index < -0.39 is 28.3 Å². The number of sulfonamides is 1. The molecule has 2 rings (SSSR count). The van der Waals surface area contributed by atoms with E-state index >= 15 is 0 Å². The predicted octanol–water partition coefficient (Wildman–Crippen LogP) is 1.13. The standard InChI is InChI=1S/C16H18F3N3O5S/c1-10(7-23)8-27-14-13(6-21-22(15(14)24)9-16(17,18)19)11-2-4-12(5-3-11)28(20,25)26/h2-6,10,23H,7-9H2,1H3,(H2,20,25,26). The first kappa shape index (κ1) is 21.9. The highest BCUT2D eigenvalue weighted by atomic mass is 32.2. The van der Waals surface area contributed by atoms with Crippen molar-refractivity contribution in [2.75, 3.05) is 13.2 Å². The van der Waals surface area contributed by atoms with Crippen LogP contribution in [0.25, 0.3) is 11.1 Å². The summed E-state index contributed by atoms with van der Waals surface area (Å²) in [5, 5.41) is 17.6. The van der Waals surface area contributed by atoms with Crippen molar-refractivity contribution >= 4 is 10.0 Å². The summed E-state index contributed by atoms with van der Waals surface area (Å²) in [6, 6.07) is 5.03. The van der Waals surface area contributed by atoms with E-state index in [0.717, 1.165) is 6.20 Å². The van der Waals surface area contributed by atoms with Gasteiger partial charge in [0.25, 0.3) is 0 Å². The molecule has 0 aliphatic heterocycles. The van der Waals surface area contributed by atoms with E-state index in [0.29, 0.717) is 5.56 Å². The second-order valence-electron chi connectivity index (χ2n) is 6.13. The average molecular weight is 421 g/mol. The van der Waals surface area contributed by atoms with Gasteiger partial charge in [-0.25, -0.2) is 18.2 Å². The fourth-order valence-electron chi connectivity index (χ4n) is 2.20. The number of halogens is 3. The van der Waals surface area contributed by atoms with Crippen molar-refractivity contribution < 1.29 is 31.4 Å². The Morgan fingerprint density at radius 1 is 1.29 bits per heavy atom. The fraction of sp³-hybridized carbons (Fsp3) is 0.375. The first-order valence-electron chi connectivity index (χ1n) is 7.96. The van der Waals surface area contributed by atoms with Crippen LogP contribution in [0.15, 0.2) is 40.2 Å². The van der Waals surface area contributed by atoms with Gasteiger partial charge in [-0.2, -0.15) is 18.3 Å². The molecule has 1 atom stereocenters. The van der Waals surface area contributed by atoms with Gasteiger partial charge in [-0.15, -0.1) is 0 Å². The third-order valence-electron chi connectivity index (χ3n) is 3.65. The van der Waals surface area contributed by atoms with Crippen LogP contribution in [-0.4, -0.2) is 42.7 Å². The number of nitrogens with two attached hydrogens (primary N) is 1. The summed E-state index contributed by atoms with van der Waals surface area (Å²) in [7, 11) is -3.94. The molecule has 2 aromatic rings. The molecule has 12 heteroatoms. The number of primary sulfonamides is 1. The maximum Gasteiger partial charge on any atom is 0.408 e. The summed E-state index contributed by atoms with van der Waals surface area (Å²) in [6.07, 6.45) is -3.64. The normalized spacial score (nSPS) is 13.4. The van der Waals surface area contributed by atoms with Crippen LogP contribution in [0.5, 0.6) is 5.75 Å². The molecule has 1 unspecified atom stereocenters. The van der Waals surface area contributed by atoms with E-state index in [1.165, 1.54) is 24.3 Å². The quantitative estimate of drug-likeness (QED) is 0.691. The predicted molar refractivity (Wildman–Crippen MR) is 93.1 cm³/mol. The van der Waals surface area contributed by atoms with Crippen LogP contribution in [-0.2, 0) is 16.6 Å². The van der Waals surface area contributed by atoms with Crippen molar-refractivity contribution in [3.63, 3.8) is 0 Å². The molecule has 8 nitrogen and oxygen atoms in total. The van der Waals surface area contributed by atoms with Gasteiger partial charge in [-0.3, -0.25) is 4.79 Å². The third kappa shape index (κ3) is 5.53. The maximum atomic E-state index is 12.7. The van der Waals surface area contributed by atoms with Crippen LogP contribution in [0.1, 0.15) is 6.92 Å². The molecule has 0 saturated heterocycles. The van der Waals surface area contributed by atoms with Crippen LogP contribution in [0, 0.1) is 5.92 Å². The zero-order chi connectivity index (χ0) is 21.1. The van der Waals surface area contributed by atoms with Crippen molar-refractivity contribution in [1.82, 2.24) is 9.78 Å². The highest BCUT2D eigenvalue weighted by Gasteiger charge is 2.30. The van der Waals surface area contributed by atoms with Gasteiger partial charge in [-0.1, -0.05) is 19.1 Å². The lowest BCUT2D eigenvalue weighted by atomic mass is 10.1. The molecule has 0 fully saturated rings. The van der Waals surface area contributed by atoms with E-state index in [9.17, 15) is 26.4 Å². The van der Waals surface area contributed by atoms with Crippen molar-refractivity contribution in [3.05, 3.63) is 40.8 Å². The second-order valence-corrected chi connectivity index (χ2v) is 7.69. The number of hydrogen-bond donors (Lipinski definition) is 2. The van der Waals surface area contributed by atoms with Gasteiger partial charge in [0.05, 0.1) is 17.7 Å². The van der Waals surface area contributed by atoms with Crippen LogP contribution in [0.4, 0.5) is 13.2 Å². The van der Waals surface area contributed by atoms with Crippen LogP contribution in [0.3, 0.4) is 0 Å². The molecule has 0 amide bonds. The number of aliphatic hydroxyl groups excluding tert-OH is 1. The topological polar surface area (TPSA) is 125 Å². The maximum absolute atomic E-state index is 12.7. The second kappa shape index (κ2) is 8.29. The number of rotatable bonds is 7. The SMILES string of the molecule is CC(CO)COc1c(-c2ccc(S(N)(=O)=O)cc2)cnn(CC(F)(F)F)c1=O. The molecule has 0 saturated carbocycles. The molecule has 1 aromatic carbocycles. The molecule has 3 N–H and O–H groups in total. The third-order valence-corrected chi connectivity index (χ3v) is 4.58. The number of aromatic nitrogens is 2. The Bertz CT molecular complexity index is 988. The Labute approximate surface area is 158 Å². The zero-order valence-corrected chi connectivity index (χ0v) is 15.5. The van der Waals surface area contributed by atoms with Crippen molar-refractivity contribution in [1.29, 1.82) is 0 Å². The lowest BCUT2D eigenvalue weighted by Gasteiger charge is -2.16. The molecule has 0 bridgehead atoms. The number of nitrogens with zero attached hydrogens (tertiary/aromatic N) is 2. The van der Waals surface area contributed by atoms with Gasteiger partial charge >= 0.3 is 11.7 Å². The van der Waals surface area contributed by atoms with Gasteiger partial charge < -0.3 is 9.84 Å². The van der Waals surface area contributed by atoms with Gasteiger partial charge in [0.1, 0.15) is 6.54 Å². The minimum Gasteiger partial charge on any atom is -0.487 e. The first-order chi connectivity index (χ1) is 12.9. The zero-order valence-electron chi connectivity index (χ0n) is 14.7. The van der Waals surface area contributed by atoms with Gasteiger partial charge in [-0.05, 0) is 17.7 Å². The smallest absolute Gasteiger partial charge is 0.408 e. The lowest BCUT2D eigenvalue weighted by molar-refractivity contribution is -0.143. The van der Waals surface area contributed by atoms with E-state index in [-0.39, 0.29) is 40.0 Å². The fourth-order valence-corrected chi connectivity index (χ4v) is 2.72. The van der Waals surface area contributed by atoms with E-state index in [2.05, 4.69) is 5.10 Å². The Balaban J connectivity index is 2.53. The molecule has 0 spiro atoms. The monoisotopic (exact) mass is 421 g/mol. The molecule has 154 valence electrons. The minimum atomic E-state index is -4.66. The van der Waals surface area contributed by atoms with Crippen LogP contribution < -0.4 is 15.4 Å². The Kier molecular flexibility index (Phi) is 6.47. The van der Waals surface area contributed by atoms with E-state index in [1.54, 1.807) is 6.92 Å². The first-order valence-corrected chi connectivity index (χ1v) is 9.51. The van der Waals surface area contributed by atoms with Gasteiger partial charge in [0.2, 0.25) is 10.0 Å². The minimum absolute atomic E-state index is 0.0783. The van der Waals surface area contributed by atoms with Crippen molar-refractivity contribution in [2.24, 2.45) is 11.1 Å². The molecule has 1 heterocycles. The highest BCUT2D eigenvalue weighted by molar-refractivity contribution is 7.89. The molecule has 0 radical (unpaired) electrons. The largest absolute Gasteiger partial charge is 0.487 e. The van der Waals surface area contributed by atoms with Crippen molar-refractivity contribution in [3.8, 4) is 16.9 Å². The summed E-state index contributed by atoms with van der Waals surface area (Å²) >= 11 is 0. The van der Waals surface area contributed by atoms with E-state index in [1.807, 2.05) is 0 Å². The summed E-state index contributed by atoms with van der Waals surface area (Å²) in [5.41, 5.74) is -0.729. The summed E-state index contributed by atoms with van der Waals surface area (Å²) < 4.78 is 66.3.